The molecule has 7 heteroatoms. The number of amides is 1. The molecule has 1 amide bonds. The summed E-state index contributed by atoms with van der Waals surface area (Å²) < 4.78 is 0. The lowest BCUT2D eigenvalue weighted by Gasteiger charge is -2.35. The Balaban J connectivity index is 4.86. The molecule has 0 spiro atoms. The summed E-state index contributed by atoms with van der Waals surface area (Å²) in [5, 5.41) is 3.00. The van der Waals surface area contributed by atoms with Gasteiger partial charge in [0.05, 0.1) is 0 Å². The molecule has 0 heterocycles. The summed E-state index contributed by atoms with van der Waals surface area (Å²) in [4.78, 5) is 35.3. The Morgan fingerprint density at radius 2 is 1.25 bits per heavy atom. The molecule has 4 nitrogen and oxygen atoms in total. The molecule has 0 unspecified atom stereocenters. The third-order valence-electron chi connectivity index (χ3n) is 4.00. The van der Waals surface area contributed by atoms with E-state index in [2.05, 4.69) is 43.2 Å². The van der Waals surface area contributed by atoms with E-state index >= 15 is 0 Å². The summed E-state index contributed by atoms with van der Waals surface area (Å²) in [7, 11) is 0. The Labute approximate surface area is 162 Å². The maximum absolute atomic E-state index is 12.3. The molecule has 0 saturated carbocycles. The SMILES string of the molecule is CC(=O)CCCC(=O)C(=O)NC(CCCS)(CCCS)CCCS. The van der Waals surface area contributed by atoms with Crippen LogP contribution in [0.15, 0.2) is 0 Å². The van der Waals surface area contributed by atoms with Crippen molar-refractivity contribution in [3.8, 4) is 0 Å². The van der Waals surface area contributed by atoms with Crippen LogP contribution < -0.4 is 5.32 Å². The molecule has 1 N–H and O–H groups in total. The second-order valence-electron chi connectivity index (χ2n) is 6.19. The zero-order valence-electron chi connectivity index (χ0n) is 14.6. The summed E-state index contributed by atoms with van der Waals surface area (Å²) in [6.45, 7) is 1.49. The van der Waals surface area contributed by atoms with Crippen molar-refractivity contribution in [1.29, 1.82) is 0 Å². The Bertz CT molecular complexity index is 381. The van der Waals surface area contributed by atoms with Gasteiger partial charge >= 0.3 is 0 Å². The average Bonchev–Trinajstić information content (AvgIpc) is 2.55. The second-order valence-corrected chi connectivity index (χ2v) is 7.54. The molecule has 0 saturated heterocycles. The summed E-state index contributed by atoms with van der Waals surface area (Å²) in [5.41, 5.74) is -0.387. The maximum Gasteiger partial charge on any atom is 0.287 e. The molecule has 0 bridgehead atoms. The van der Waals surface area contributed by atoms with Crippen molar-refractivity contribution < 1.29 is 14.4 Å². The molecule has 0 aliphatic heterocycles. The smallest absolute Gasteiger partial charge is 0.287 e. The molecular weight excluding hydrogens is 362 g/mol. The molecule has 24 heavy (non-hydrogen) atoms. The first-order valence-corrected chi connectivity index (χ1v) is 10.5. The number of carbonyl (C=O) groups excluding carboxylic acids is 3. The standard InChI is InChI=1S/C17H31NO3S3/c1-14(19)6-2-7-15(20)16(21)18-17(8-3-11-22,9-4-12-23)10-5-13-24/h22-24H,2-13H2,1H3,(H,18,21). The summed E-state index contributed by atoms with van der Waals surface area (Å²) >= 11 is 12.8. The molecule has 0 aromatic heterocycles. The molecule has 0 aliphatic carbocycles. The minimum Gasteiger partial charge on any atom is -0.344 e. The van der Waals surface area contributed by atoms with Gasteiger partial charge in [-0.1, -0.05) is 0 Å². The molecule has 0 fully saturated rings. The Kier molecular flexibility index (Phi) is 14.0. The Morgan fingerprint density at radius 1 is 0.792 bits per heavy atom. The third-order valence-corrected chi connectivity index (χ3v) is 4.95. The Morgan fingerprint density at radius 3 is 1.62 bits per heavy atom. The molecule has 0 aromatic rings. The van der Waals surface area contributed by atoms with Gasteiger partial charge in [0.1, 0.15) is 5.78 Å². The highest BCUT2D eigenvalue weighted by molar-refractivity contribution is 7.80. The van der Waals surface area contributed by atoms with Crippen LogP contribution in [-0.2, 0) is 14.4 Å². The van der Waals surface area contributed by atoms with Crippen LogP contribution in [0.1, 0.15) is 64.7 Å². The first-order chi connectivity index (χ1) is 11.4. The summed E-state index contributed by atoms with van der Waals surface area (Å²) in [5.74, 6) is 1.29. The quantitative estimate of drug-likeness (QED) is 0.255. The minimum atomic E-state index is -0.531. The topological polar surface area (TPSA) is 63.2 Å². The van der Waals surface area contributed by atoms with E-state index in [-0.39, 0.29) is 17.7 Å². The van der Waals surface area contributed by atoms with Crippen molar-refractivity contribution in [1.82, 2.24) is 5.32 Å². The number of carbonyl (C=O) groups is 3. The van der Waals surface area contributed by atoms with Crippen LogP contribution in [0.5, 0.6) is 0 Å². The molecule has 140 valence electrons. The Hall–Kier alpha value is -0.140. The van der Waals surface area contributed by atoms with Gasteiger partial charge in [0.15, 0.2) is 0 Å². The van der Waals surface area contributed by atoms with E-state index in [0.29, 0.717) is 12.8 Å². The number of hydrogen-bond donors (Lipinski definition) is 4. The number of nitrogens with one attached hydrogen (secondary N) is 1. The fourth-order valence-corrected chi connectivity index (χ4v) is 3.21. The zero-order valence-corrected chi connectivity index (χ0v) is 17.2. The lowest BCUT2D eigenvalue weighted by molar-refractivity contribution is -0.139. The zero-order chi connectivity index (χ0) is 18.4. The van der Waals surface area contributed by atoms with Crippen molar-refractivity contribution in [3.05, 3.63) is 0 Å². The van der Waals surface area contributed by atoms with Gasteiger partial charge in [0.2, 0.25) is 5.78 Å². The van der Waals surface area contributed by atoms with Crippen LogP contribution in [0.2, 0.25) is 0 Å². The van der Waals surface area contributed by atoms with Crippen LogP contribution in [0.4, 0.5) is 0 Å². The van der Waals surface area contributed by atoms with Gasteiger partial charge in [-0.05, 0) is 69.1 Å². The molecule has 0 aliphatic rings. The second kappa shape index (κ2) is 14.1. The van der Waals surface area contributed by atoms with Gasteiger partial charge in [0, 0.05) is 18.4 Å². The van der Waals surface area contributed by atoms with E-state index in [4.69, 9.17) is 0 Å². The monoisotopic (exact) mass is 393 g/mol. The summed E-state index contributed by atoms with van der Waals surface area (Å²) in [6, 6.07) is 0. The highest BCUT2D eigenvalue weighted by Crippen LogP contribution is 2.26. The van der Waals surface area contributed by atoms with Crippen molar-refractivity contribution in [2.45, 2.75) is 70.3 Å². The number of rotatable bonds is 15. The van der Waals surface area contributed by atoms with E-state index in [1.807, 2.05) is 0 Å². The van der Waals surface area contributed by atoms with E-state index in [1.54, 1.807) is 0 Å². The van der Waals surface area contributed by atoms with Crippen LogP contribution in [-0.4, -0.2) is 40.3 Å². The largest absolute Gasteiger partial charge is 0.344 e. The molecule has 0 radical (unpaired) electrons. The first kappa shape index (κ1) is 23.9. The highest BCUT2D eigenvalue weighted by atomic mass is 32.1. The van der Waals surface area contributed by atoms with Crippen LogP contribution in [0.3, 0.4) is 0 Å². The highest BCUT2D eigenvalue weighted by Gasteiger charge is 2.32. The van der Waals surface area contributed by atoms with Crippen LogP contribution in [0, 0.1) is 0 Å². The normalized spacial score (nSPS) is 11.3. The van der Waals surface area contributed by atoms with Crippen molar-refractivity contribution in [2.75, 3.05) is 17.3 Å². The van der Waals surface area contributed by atoms with E-state index in [0.717, 1.165) is 55.8 Å². The van der Waals surface area contributed by atoms with Gasteiger partial charge in [0.25, 0.3) is 5.91 Å². The fourth-order valence-electron chi connectivity index (χ4n) is 2.74. The van der Waals surface area contributed by atoms with Crippen molar-refractivity contribution in [2.24, 2.45) is 0 Å². The van der Waals surface area contributed by atoms with E-state index < -0.39 is 11.7 Å². The molecule has 0 atom stereocenters. The number of thiol groups is 3. The number of Topliss-reactive ketones (excluding diaryl/α,β-unsaturated/α-hetero) is 2. The predicted octanol–water partition coefficient (Wildman–Crippen LogP) is 3.30. The fraction of sp³-hybridized carbons (Fsp3) is 0.824. The van der Waals surface area contributed by atoms with Gasteiger partial charge in [-0.2, -0.15) is 37.9 Å². The number of ketones is 2. The number of hydrogen-bond acceptors (Lipinski definition) is 6. The van der Waals surface area contributed by atoms with Crippen molar-refractivity contribution >= 4 is 55.4 Å². The van der Waals surface area contributed by atoms with Crippen LogP contribution in [0.25, 0.3) is 0 Å². The average molecular weight is 394 g/mol. The lowest BCUT2D eigenvalue weighted by atomic mass is 9.84. The molecule has 0 rings (SSSR count). The first-order valence-electron chi connectivity index (χ1n) is 8.58. The molecule has 0 aromatic carbocycles. The van der Waals surface area contributed by atoms with Gasteiger partial charge < -0.3 is 10.1 Å². The van der Waals surface area contributed by atoms with E-state index in [9.17, 15) is 14.4 Å². The maximum atomic E-state index is 12.3. The van der Waals surface area contributed by atoms with Crippen LogP contribution >= 0.6 is 37.9 Å². The summed E-state index contributed by atoms with van der Waals surface area (Å²) in [6.07, 6.45) is 5.90. The predicted molar refractivity (Wildman–Crippen MR) is 110 cm³/mol. The van der Waals surface area contributed by atoms with Gasteiger partial charge in [-0.3, -0.25) is 9.59 Å². The lowest BCUT2D eigenvalue weighted by Crippen LogP contribution is -2.51. The van der Waals surface area contributed by atoms with Crippen molar-refractivity contribution in [3.63, 3.8) is 0 Å². The molecular formula is C17H31NO3S3. The van der Waals surface area contributed by atoms with Gasteiger partial charge in [-0.25, -0.2) is 0 Å². The van der Waals surface area contributed by atoms with Gasteiger partial charge in [-0.15, -0.1) is 0 Å². The van der Waals surface area contributed by atoms with E-state index in [1.165, 1.54) is 6.92 Å². The minimum absolute atomic E-state index is 0.0360. The third kappa shape index (κ3) is 10.7.